The molecule has 1 saturated heterocycles. The maximum absolute atomic E-state index is 13.4. The van der Waals surface area contributed by atoms with E-state index in [9.17, 15) is 24.1 Å². The first-order valence-electron chi connectivity index (χ1n) is 8.42. The number of halogens is 2. The molecule has 1 fully saturated rings. The van der Waals surface area contributed by atoms with Crippen LogP contribution < -0.4 is 4.90 Å². The summed E-state index contributed by atoms with van der Waals surface area (Å²) in [5, 5.41) is 10.4. The number of furan rings is 1. The van der Waals surface area contributed by atoms with Crippen molar-refractivity contribution < 1.29 is 23.3 Å². The summed E-state index contributed by atoms with van der Waals surface area (Å²) in [6, 6.07) is 12.7. The monoisotopic (exact) mass is 444 g/mol. The number of benzene rings is 2. The summed E-state index contributed by atoms with van der Waals surface area (Å²) in [6.45, 7) is 0. The number of nitro benzene ring substituents is 1. The Kier molecular flexibility index (Phi) is 5.15. The average Bonchev–Trinajstić information content (AvgIpc) is 3.29. The summed E-state index contributed by atoms with van der Waals surface area (Å²) in [5.74, 6) is -0.791. The summed E-state index contributed by atoms with van der Waals surface area (Å²) in [6.07, 6.45) is 1.37. The number of rotatable bonds is 4. The van der Waals surface area contributed by atoms with Crippen LogP contribution in [0.25, 0.3) is 17.4 Å². The van der Waals surface area contributed by atoms with E-state index in [0.717, 1.165) is 11.0 Å². The maximum atomic E-state index is 13.4. The molecule has 7 nitrogen and oxygen atoms in total. The molecule has 0 unspecified atom stereocenters. The Morgan fingerprint density at radius 2 is 1.90 bits per heavy atom. The number of nitro groups is 1. The van der Waals surface area contributed by atoms with E-state index in [2.05, 4.69) is 0 Å². The third-order valence-electron chi connectivity index (χ3n) is 4.22. The SMILES string of the molecule is O=C1S/C(=C/c2ccc(-c3ccccc3[N+](=O)[O-])o2)C(=O)N1c1ccc(F)c(Cl)c1. The predicted molar refractivity (Wildman–Crippen MR) is 111 cm³/mol. The van der Waals surface area contributed by atoms with Crippen LogP contribution in [0.1, 0.15) is 5.76 Å². The molecule has 1 aliphatic rings. The van der Waals surface area contributed by atoms with Gasteiger partial charge in [-0.3, -0.25) is 19.7 Å². The van der Waals surface area contributed by atoms with Crippen molar-refractivity contribution in [2.75, 3.05) is 4.90 Å². The second-order valence-electron chi connectivity index (χ2n) is 6.09. The summed E-state index contributed by atoms with van der Waals surface area (Å²) in [5.41, 5.74) is 0.315. The van der Waals surface area contributed by atoms with Crippen LogP contribution in [0.2, 0.25) is 5.02 Å². The normalized spacial score (nSPS) is 15.3. The van der Waals surface area contributed by atoms with Crippen LogP contribution >= 0.6 is 23.4 Å². The minimum atomic E-state index is -0.666. The minimum Gasteiger partial charge on any atom is -0.456 e. The van der Waals surface area contributed by atoms with Crippen molar-refractivity contribution in [2.45, 2.75) is 0 Å². The van der Waals surface area contributed by atoms with E-state index in [4.69, 9.17) is 16.0 Å². The summed E-state index contributed by atoms with van der Waals surface area (Å²) < 4.78 is 19.0. The molecule has 0 bridgehead atoms. The average molecular weight is 445 g/mol. The van der Waals surface area contributed by atoms with Gasteiger partial charge >= 0.3 is 0 Å². The fourth-order valence-corrected chi connectivity index (χ4v) is 3.86. The van der Waals surface area contributed by atoms with Gasteiger partial charge in [0.25, 0.3) is 16.8 Å². The smallest absolute Gasteiger partial charge is 0.298 e. The van der Waals surface area contributed by atoms with Gasteiger partial charge < -0.3 is 4.42 Å². The van der Waals surface area contributed by atoms with Crippen LogP contribution in [-0.4, -0.2) is 16.1 Å². The topological polar surface area (TPSA) is 93.7 Å². The van der Waals surface area contributed by atoms with E-state index < -0.39 is 21.9 Å². The number of carbonyl (C=O) groups is 2. The molecule has 150 valence electrons. The molecule has 0 aliphatic carbocycles. The number of nitrogens with zero attached hydrogens (tertiary/aromatic N) is 2. The van der Waals surface area contributed by atoms with Crippen molar-refractivity contribution in [1.29, 1.82) is 0 Å². The van der Waals surface area contributed by atoms with Crippen molar-refractivity contribution in [3.63, 3.8) is 0 Å². The van der Waals surface area contributed by atoms with Crippen LogP contribution in [0.5, 0.6) is 0 Å². The Balaban J connectivity index is 1.64. The van der Waals surface area contributed by atoms with Crippen LogP contribution in [0, 0.1) is 15.9 Å². The molecule has 1 aliphatic heterocycles. The highest BCUT2D eigenvalue weighted by Gasteiger charge is 2.36. The fourth-order valence-electron chi connectivity index (χ4n) is 2.86. The van der Waals surface area contributed by atoms with Crippen LogP contribution in [0.15, 0.2) is 63.9 Å². The van der Waals surface area contributed by atoms with E-state index in [1.54, 1.807) is 18.2 Å². The second kappa shape index (κ2) is 7.77. The molecular weight excluding hydrogens is 435 g/mol. The molecule has 0 N–H and O–H groups in total. The van der Waals surface area contributed by atoms with Gasteiger partial charge in [-0.05, 0) is 48.2 Å². The number of anilines is 1. The lowest BCUT2D eigenvalue weighted by atomic mass is 10.1. The van der Waals surface area contributed by atoms with Gasteiger partial charge in [0.1, 0.15) is 17.3 Å². The molecule has 2 heterocycles. The van der Waals surface area contributed by atoms with Crippen LogP contribution in [-0.2, 0) is 4.79 Å². The van der Waals surface area contributed by atoms with E-state index >= 15 is 0 Å². The molecule has 2 aromatic carbocycles. The fraction of sp³-hybridized carbons (Fsp3) is 0. The Hall–Kier alpha value is -3.43. The van der Waals surface area contributed by atoms with Gasteiger partial charge in [0.15, 0.2) is 0 Å². The lowest BCUT2D eigenvalue weighted by molar-refractivity contribution is -0.384. The highest BCUT2D eigenvalue weighted by atomic mass is 35.5. The first-order chi connectivity index (χ1) is 14.3. The lowest BCUT2D eigenvalue weighted by Gasteiger charge is -2.12. The van der Waals surface area contributed by atoms with Crippen LogP contribution in [0.4, 0.5) is 20.6 Å². The van der Waals surface area contributed by atoms with E-state index in [1.165, 1.54) is 36.4 Å². The van der Waals surface area contributed by atoms with Crippen molar-refractivity contribution in [2.24, 2.45) is 0 Å². The Labute approximate surface area is 177 Å². The van der Waals surface area contributed by atoms with E-state index in [0.29, 0.717) is 11.8 Å². The van der Waals surface area contributed by atoms with Crippen molar-refractivity contribution in [3.8, 4) is 11.3 Å². The molecule has 10 heteroatoms. The first-order valence-corrected chi connectivity index (χ1v) is 9.61. The van der Waals surface area contributed by atoms with E-state index in [-0.39, 0.29) is 38.4 Å². The molecule has 2 amide bonds. The molecule has 30 heavy (non-hydrogen) atoms. The standard InChI is InChI=1S/C20H10ClFN2O5S/c21-14-9-11(5-7-15(14)22)23-19(25)18(30-20(23)26)10-12-6-8-17(29-12)13-3-1-2-4-16(13)24(27)28/h1-10H/b18-10+. The lowest BCUT2D eigenvalue weighted by Crippen LogP contribution is -2.27. The van der Waals surface area contributed by atoms with Gasteiger partial charge in [-0.2, -0.15) is 0 Å². The van der Waals surface area contributed by atoms with Gasteiger partial charge in [-0.15, -0.1) is 0 Å². The van der Waals surface area contributed by atoms with Gasteiger partial charge in [0.05, 0.1) is 26.1 Å². The number of hydrogen-bond acceptors (Lipinski definition) is 6. The zero-order valence-electron chi connectivity index (χ0n) is 14.9. The van der Waals surface area contributed by atoms with Crippen molar-refractivity contribution >= 4 is 52.0 Å². The minimum absolute atomic E-state index is 0.0870. The Morgan fingerprint density at radius 3 is 2.63 bits per heavy atom. The van der Waals surface area contributed by atoms with Crippen LogP contribution in [0.3, 0.4) is 0 Å². The molecule has 3 aromatic rings. The maximum Gasteiger partial charge on any atom is 0.298 e. The molecule has 0 spiro atoms. The third-order valence-corrected chi connectivity index (χ3v) is 5.38. The Bertz CT molecular complexity index is 1240. The highest BCUT2D eigenvalue weighted by Crippen LogP contribution is 2.38. The van der Waals surface area contributed by atoms with Crippen molar-refractivity contribution in [1.82, 2.24) is 0 Å². The number of amides is 2. The number of para-hydroxylation sites is 1. The molecule has 0 saturated carbocycles. The number of imide groups is 1. The van der Waals surface area contributed by atoms with Gasteiger partial charge in [-0.1, -0.05) is 23.7 Å². The van der Waals surface area contributed by atoms with Gasteiger partial charge in [-0.25, -0.2) is 9.29 Å². The molecule has 0 atom stereocenters. The third kappa shape index (κ3) is 3.60. The molecule has 4 rings (SSSR count). The zero-order chi connectivity index (χ0) is 21.4. The number of thioether (sulfide) groups is 1. The van der Waals surface area contributed by atoms with Gasteiger partial charge in [0, 0.05) is 12.1 Å². The van der Waals surface area contributed by atoms with E-state index in [1.807, 2.05) is 0 Å². The predicted octanol–water partition coefficient (Wildman–Crippen LogP) is 5.89. The molecule has 1 aromatic heterocycles. The highest BCUT2D eigenvalue weighted by molar-refractivity contribution is 8.19. The van der Waals surface area contributed by atoms with Gasteiger partial charge in [0.2, 0.25) is 0 Å². The molecule has 0 radical (unpaired) electrons. The second-order valence-corrected chi connectivity index (χ2v) is 7.49. The van der Waals surface area contributed by atoms with Crippen molar-refractivity contribution in [3.05, 3.63) is 86.2 Å². The summed E-state index contributed by atoms with van der Waals surface area (Å²) >= 11 is 6.43. The Morgan fingerprint density at radius 1 is 1.13 bits per heavy atom. The number of carbonyl (C=O) groups excluding carboxylic acids is 2. The zero-order valence-corrected chi connectivity index (χ0v) is 16.4. The number of hydrogen-bond donors (Lipinski definition) is 0. The molecular formula is C20H10ClFN2O5S. The quantitative estimate of drug-likeness (QED) is 0.283. The largest absolute Gasteiger partial charge is 0.456 e. The summed E-state index contributed by atoms with van der Waals surface area (Å²) in [7, 11) is 0. The first kappa shape index (κ1) is 19.9. The summed E-state index contributed by atoms with van der Waals surface area (Å²) in [4.78, 5) is 36.7.